The average molecular weight is 432 g/mol. The molecule has 4 aromatic rings. The second-order valence-electron chi connectivity index (χ2n) is 6.26. The van der Waals surface area contributed by atoms with Crippen LogP contribution in [0.15, 0.2) is 59.0 Å². The van der Waals surface area contributed by atoms with Gasteiger partial charge < -0.3 is 9.73 Å². The SMILES string of the molecule is Cc1ccc2oc(-c3ccc(Cl)c(NC(=O)c4ccc(Cl)cc4Cl)c3)nc2c1. The average Bonchev–Trinajstić information content (AvgIpc) is 3.06. The minimum atomic E-state index is -0.395. The number of fused-ring (bicyclic) bond motifs is 1. The Morgan fingerprint density at radius 1 is 0.964 bits per heavy atom. The van der Waals surface area contributed by atoms with Crippen molar-refractivity contribution in [2.45, 2.75) is 6.92 Å². The Balaban J connectivity index is 1.67. The summed E-state index contributed by atoms with van der Waals surface area (Å²) in [5.41, 5.74) is 3.96. The van der Waals surface area contributed by atoms with Crippen LogP contribution in [0.5, 0.6) is 0 Å². The normalized spacial score (nSPS) is 11.0. The molecule has 7 heteroatoms. The Morgan fingerprint density at radius 3 is 2.57 bits per heavy atom. The number of anilines is 1. The van der Waals surface area contributed by atoms with Crippen molar-refractivity contribution in [1.29, 1.82) is 0 Å². The molecule has 0 aliphatic carbocycles. The molecular weight excluding hydrogens is 419 g/mol. The molecule has 1 amide bonds. The number of benzene rings is 3. The number of nitrogens with zero attached hydrogens (tertiary/aromatic N) is 1. The van der Waals surface area contributed by atoms with Crippen molar-refractivity contribution in [3.63, 3.8) is 0 Å². The van der Waals surface area contributed by atoms with Crippen LogP contribution >= 0.6 is 34.8 Å². The number of carbonyl (C=O) groups excluding carboxylic acids is 1. The van der Waals surface area contributed by atoms with Crippen molar-refractivity contribution >= 4 is 57.5 Å². The topological polar surface area (TPSA) is 55.1 Å². The van der Waals surface area contributed by atoms with E-state index in [0.717, 1.165) is 11.1 Å². The molecule has 0 saturated carbocycles. The molecule has 0 fully saturated rings. The molecule has 3 aromatic carbocycles. The van der Waals surface area contributed by atoms with Crippen molar-refractivity contribution in [1.82, 2.24) is 4.98 Å². The summed E-state index contributed by atoms with van der Waals surface area (Å²) in [5, 5.41) is 3.86. The smallest absolute Gasteiger partial charge is 0.257 e. The van der Waals surface area contributed by atoms with Crippen LogP contribution < -0.4 is 5.32 Å². The third-order valence-corrected chi connectivity index (χ3v) is 5.06. The molecule has 0 atom stereocenters. The molecule has 0 aliphatic rings. The Kier molecular flexibility index (Phi) is 5.02. The fourth-order valence-corrected chi connectivity index (χ4v) is 3.44. The van der Waals surface area contributed by atoms with Gasteiger partial charge in [-0.2, -0.15) is 0 Å². The number of rotatable bonds is 3. The van der Waals surface area contributed by atoms with Crippen LogP contribution in [0.1, 0.15) is 15.9 Å². The summed E-state index contributed by atoms with van der Waals surface area (Å²) in [6.45, 7) is 1.99. The zero-order chi connectivity index (χ0) is 19.8. The molecular formula is C21H13Cl3N2O2. The lowest BCUT2D eigenvalue weighted by molar-refractivity contribution is 0.102. The van der Waals surface area contributed by atoms with Crippen LogP contribution in [0.2, 0.25) is 15.1 Å². The Bertz CT molecular complexity index is 1220. The van der Waals surface area contributed by atoms with Crippen molar-refractivity contribution < 1.29 is 9.21 Å². The summed E-state index contributed by atoms with van der Waals surface area (Å²) in [6, 6.07) is 15.6. The van der Waals surface area contributed by atoms with Crippen molar-refractivity contribution in [2.24, 2.45) is 0 Å². The first-order valence-corrected chi connectivity index (χ1v) is 9.47. The Hall–Kier alpha value is -2.53. The highest BCUT2D eigenvalue weighted by Gasteiger charge is 2.15. The maximum atomic E-state index is 12.6. The third-order valence-electron chi connectivity index (χ3n) is 4.18. The quantitative estimate of drug-likeness (QED) is 0.379. The van der Waals surface area contributed by atoms with E-state index in [0.29, 0.717) is 38.3 Å². The molecule has 1 heterocycles. The molecule has 140 valence electrons. The van der Waals surface area contributed by atoms with E-state index in [-0.39, 0.29) is 5.02 Å². The van der Waals surface area contributed by atoms with E-state index in [1.54, 1.807) is 30.3 Å². The maximum Gasteiger partial charge on any atom is 0.257 e. The number of hydrogen-bond donors (Lipinski definition) is 1. The van der Waals surface area contributed by atoms with E-state index in [1.165, 1.54) is 6.07 Å². The lowest BCUT2D eigenvalue weighted by Gasteiger charge is -2.10. The molecule has 1 N–H and O–H groups in total. The van der Waals surface area contributed by atoms with Gasteiger partial charge in [0.2, 0.25) is 5.89 Å². The summed E-state index contributed by atoms with van der Waals surface area (Å²) in [7, 11) is 0. The molecule has 28 heavy (non-hydrogen) atoms. The minimum Gasteiger partial charge on any atom is -0.436 e. The number of hydrogen-bond acceptors (Lipinski definition) is 3. The second kappa shape index (κ2) is 7.47. The fourth-order valence-electron chi connectivity index (χ4n) is 2.78. The van der Waals surface area contributed by atoms with Gasteiger partial charge in [-0.05, 0) is 61.0 Å². The lowest BCUT2D eigenvalue weighted by atomic mass is 10.1. The van der Waals surface area contributed by atoms with Crippen molar-refractivity contribution in [3.05, 3.63) is 80.8 Å². The van der Waals surface area contributed by atoms with Gasteiger partial charge in [0, 0.05) is 10.6 Å². The second-order valence-corrected chi connectivity index (χ2v) is 7.51. The molecule has 0 aliphatic heterocycles. The van der Waals surface area contributed by atoms with Crippen LogP contribution in [0.25, 0.3) is 22.6 Å². The molecule has 0 radical (unpaired) electrons. The predicted octanol–water partition coefficient (Wildman–Crippen LogP) is 7.02. The van der Waals surface area contributed by atoms with Gasteiger partial charge >= 0.3 is 0 Å². The van der Waals surface area contributed by atoms with Gasteiger partial charge in [0.15, 0.2) is 5.58 Å². The number of nitrogens with one attached hydrogen (secondary N) is 1. The summed E-state index contributed by atoms with van der Waals surface area (Å²) >= 11 is 18.3. The van der Waals surface area contributed by atoms with E-state index in [2.05, 4.69) is 10.3 Å². The van der Waals surface area contributed by atoms with Gasteiger partial charge in [-0.15, -0.1) is 0 Å². The van der Waals surface area contributed by atoms with Gasteiger partial charge in [0.25, 0.3) is 5.91 Å². The van der Waals surface area contributed by atoms with Crippen LogP contribution in [0.4, 0.5) is 5.69 Å². The van der Waals surface area contributed by atoms with E-state index >= 15 is 0 Å². The number of oxazole rings is 1. The van der Waals surface area contributed by atoms with Gasteiger partial charge in [-0.25, -0.2) is 4.98 Å². The van der Waals surface area contributed by atoms with Gasteiger partial charge in [0.05, 0.1) is 21.3 Å². The molecule has 0 bridgehead atoms. The summed E-state index contributed by atoms with van der Waals surface area (Å²) in [5.74, 6) is 0.0474. The monoisotopic (exact) mass is 430 g/mol. The number of amides is 1. The standard InChI is InChI=1S/C21H13Cl3N2O2/c1-11-2-7-19-18(8-11)26-21(28-19)12-3-6-15(23)17(9-12)25-20(27)14-5-4-13(22)10-16(14)24/h2-10H,1H3,(H,25,27). The number of aromatic nitrogens is 1. The first-order chi connectivity index (χ1) is 13.4. The summed E-state index contributed by atoms with van der Waals surface area (Å²) < 4.78 is 5.82. The minimum absolute atomic E-state index is 0.256. The highest BCUT2D eigenvalue weighted by Crippen LogP contribution is 2.31. The van der Waals surface area contributed by atoms with Gasteiger partial charge in [0.1, 0.15) is 5.52 Å². The molecule has 4 rings (SSSR count). The first-order valence-electron chi connectivity index (χ1n) is 8.34. The Morgan fingerprint density at radius 2 is 1.79 bits per heavy atom. The first kappa shape index (κ1) is 18.8. The molecule has 0 spiro atoms. The van der Waals surface area contributed by atoms with Crippen LogP contribution in [0, 0.1) is 6.92 Å². The molecule has 0 saturated heterocycles. The molecule has 0 unspecified atom stereocenters. The predicted molar refractivity (Wildman–Crippen MR) is 114 cm³/mol. The van der Waals surface area contributed by atoms with Crippen LogP contribution in [-0.2, 0) is 0 Å². The zero-order valence-corrected chi connectivity index (χ0v) is 16.9. The fraction of sp³-hybridized carbons (Fsp3) is 0.0476. The van der Waals surface area contributed by atoms with Crippen molar-refractivity contribution in [3.8, 4) is 11.5 Å². The third kappa shape index (κ3) is 3.72. The van der Waals surface area contributed by atoms with E-state index < -0.39 is 5.91 Å². The summed E-state index contributed by atoms with van der Waals surface area (Å²) in [4.78, 5) is 17.1. The molecule has 4 nitrogen and oxygen atoms in total. The summed E-state index contributed by atoms with van der Waals surface area (Å²) in [6.07, 6.45) is 0. The molecule has 1 aromatic heterocycles. The van der Waals surface area contributed by atoms with Crippen LogP contribution in [-0.4, -0.2) is 10.9 Å². The lowest BCUT2D eigenvalue weighted by Crippen LogP contribution is -2.12. The highest BCUT2D eigenvalue weighted by atomic mass is 35.5. The number of aryl methyl sites for hydroxylation is 1. The van der Waals surface area contributed by atoms with Crippen LogP contribution in [0.3, 0.4) is 0 Å². The van der Waals surface area contributed by atoms with E-state index in [4.69, 9.17) is 39.2 Å². The zero-order valence-electron chi connectivity index (χ0n) is 14.6. The maximum absolute atomic E-state index is 12.6. The van der Waals surface area contributed by atoms with Crippen molar-refractivity contribution in [2.75, 3.05) is 5.32 Å². The Labute approximate surface area is 176 Å². The largest absolute Gasteiger partial charge is 0.436 e. The van der Waals surface area contributed by atoms with Gasteiger partial charge in [-0.1, -0.05) is 40.9 Å². The van der Waals surface area contributed by atoms with E-state index in [1.807, 2.05) is 25.1 Å². The van der Waals surface area contributed by atoms with E-state index in [9.17, 15) is 4.79 Å². The highest BCUT2D eigenvalue weighted by molar-refractivity contribution is 6.37. The van der Waals surface area contributed by atoms with Gasteiger partial charge in [-0.3, -0.25) is 4.79 Å². The number of halogens is 3. The number of carbonyl (C=O) groups is 1.